The second kappa shape index (κ2) is 10.9. The summed E-state index contributed by atoms with van der Waals surface area (Å²) in [5.41, 5.74) is 1.12. The summed E-state index contributed by atoms with van der Waals surface area (Å²) in [6.07, 6.45) is -0.152. The van der Waals surface area contributed by atoms with E-state index in [-0.39, 0.29) is 34.2 Å². The van der Waals surface area contributed by atoms with E-state index in [0.29, 0.717) is 13.1 Å². The minimum Gasteiger partial charge on any atom is -0.495 e. The molecular formula is C21H29N3O6S2. The molecule has 0 heterocycles. The van der Waals surface area contributed by atoms with Gasteiger partial charge in [0.05, 0.1) is 22.6 Å². The van der Waals surface area contributed by atoms with Crippen molar-refractivity contribution in [1.82, 2.24) is 9.03 Å². The quantitative estimate of drug-likeness (QED) is 0.506. The lowest BCUT2D eigenvalue weighted by molar-refractivity contribution is -0.116. The number of benzene rings is 2. The van der Waals surface area contributed by atoms with Crippen molar-refractivity contribution in [2.24, 2.45) is 0 Å². The van der Waals surface area contributed by atoms with Crippen molar-refractivity contribution in [3.05, 3.63) is 48.0 Å². The number of hydrogen-bond acceptors (Lipinski definition) is 6. The van der Waals surface area contributed by atoms with E-state index in [1.165, 1.54) is 41.7 Å². The van der Waals surface area contributed by atoms with E-state index < -0.39 is 26.0 Å². The van der Waals surface area contributed by atoms with Crippen molar-refractivity contribution >= 4 is 31.6 Å². The highest BCUT2D eigenvalue weighted by Crippen LogP contribution is 2.29. The van der Waals surface area contributed by atoms with Gasteiger partial charge >= 0.3 is 0 Å². The van der Waals surface area contributed by atoms with Gasteiger partial charge in [0.15, 0.2) is 0 Å². The normalized spacial score (nSPS) is 12.0. The molecule has 0 aliphatic carbocycles. The summed E-state index contributed by atoms with van der Waals surface area (Å²) < 4.78 is 59.1. The van der Waals surface area contributed by atoms with E-state index in [1.54, 1.807) is 26.0 Å². The van der Waals surface area contributed by atoms with E-state index in [4.69, 9.17) is 4.74 Å². The molecule has 2 aromatic carbocycles. The maximum absolute atomic E-state index is 12.8. The lowest BCUT2D eigenvalue weighted by Crippen LogP contribution is -2.30. The summed E-state index contributed by atoms with van der Waals surface area (Å²) in [6, 6.07) is 10.6. The number of anilines is 1. The molecule has 0 aromatic heterocycles. The third kappa shape index (κ3) is 6.28. The number of sulfonamides is 2. The zero-order valence-electron chi connectivity index (χ0n) is 18.6. The van der Waals surface area contributed by atoms with Gasteiger partial charge in [-0.3, -0.25) is 4.79 Å². The van der Waals surface area contributed by atoms with Gasteiger partial charge < -0.3 is 10.1 Å². The van der Waals surface area contributed by atoms with E-state index in [2.05, 4.69) is 10.0 Å². The fourth-order valence-electron chi connectivity index (χ4n) is 2.97. The zero-order chi connectivity index (χ0) is 23.9. The predicted octanol–water partition coefficient (Wildman–Crippen LogP) is 2.34. The van der Waals surface area contributed by atoms with Crippen LogP contribution < -0.4 is 14.8 Å². The fraction of sp³-hybridized carbons (Fsp3) is 0.381. The predicted molar refractivity (Wildman–Crippen MR) is 123 cm³/mol. The monoisotopic (exact) mass is 483 g/mol. The summed E-state index contributed by atoms with van der Waals surface area (Å²) >= 11 is 0. The second-order valence-corrected chi connectivity index (χ2v) is 10.7. The highest BCUT2D eigenvalue weighted by Gasteiger charge is 2.23. The Labute approximate surface area is 189 Å². The number of carbonyl (C=O) groups excluding carboxylic acids is 1. The van der Waals surface area contributed by atoms with Crippen molar-refractivity contribution in [3.8, 4) is 5.75 Å². The van der Waals surface area contributed by atoms with E-state index in [1.807, 2.05) is 6.92 Å². The molecule has 0 unspecified atom stereocenters. The lowest BCUT2D eigenvalue weighted by Gasteiger charge is -2.19. The van der Waals surface area contributed by atoms with Crippen LogP contribution in [0.25, 0.3) is 0 Å². The van der Waals surface area contributed by atoms with Crippen LogP contribution >= 0.6 is 0 Å². The Balaban J connectivity index is 2.09. The van der Waals surface area contributed by atoms with Crippen LogP contribution in [0.2, 0.25) is 0 Å². The number of carbonyl (C=O) groups is 1. The molecule has 176 valence electrons. The first-order valence-corrected chi connectivity index (χ1v) is 13.0. The topological polar surface area (TPSA) is 122 Å². The SMILES string of the molecule is CCN(CC)S(=O)(=O)c1ccc(OC)c(NC(=O)CCNS(=O)(=O)c2ccc(C)cc2)c1. The van der Waals surface area contributed by atoms with Gasteiger partial charge in [-0.1, -0.05) is 31.5 Å². The van der Waals surface area contributed by atoms with Crippen LogP contribution in [-0.4, -0.2) is 53.8 Å². The van der Waals surface area contributed by atoms with Crippen molar-refractivity contribution in [1.29, 1.82) is 0 Å². The van der Waals surface area contributed by atoms with Crippen LogP contribution in [0.5, 0.6) is 5.75 Å². The van der Waals surface area contributed by atoms with Crippen LogP contribution in [0.3, 0.4) is 0 Å². The summed E-state index contributed by atoms with van der Waals surface area (Å²) in [6.45, 7) is 5.84. The molecule has 0 spiro atoms. The third-order valence-electron chi connectivity index (χ3n) is 4.76. The Morgan fingerprint density at radius 1 is 0.969 bits per heavy atom. The maximum Gasteiger partial charge on any atom is 0.243 e. The van der Waals surface area contributed by atoms with Gasteiger partial charge in [0.1, 0.15) is 5.75 Å². The smallest absolute Gasteiger partial charge is 0.243 e. The van der Waals surface area contributed by atoms with Crippen molar-refractivity contribution < 1.29 is 26.4 Å². The average Bonchev–Trinajstić information content (AvgIpc) is 2.74. The maximum atomic E-state index is 12.8. The molecule has 0 saturated heterocycles. The molecule has 0 saturated carbocycles. The Morgan fingerprint density at radius 2 is 1.56 bits per heavy atom. The van der Waals surface area contributed by atoms with Gasteiger partial charge in [0, 0.05) is 26.1 Å². The molecule has 2 N–H and O–H groups in total. The molecule has 2 rings (SSSR count). The van der Waals surface area contributed by atoms with E-state index in [0.717, 1.165) is 5.56 Å². The molecule has 0 atom stereocenters. The minimum absolute atomic E-state index is 0.0253. The van der Waals surface area contributed by atoms with Crippen molar-refractivity contribution in [3.63, 3.8) is 0 Å². The Morgan fingerprint density at radius 3 is 2.12 bits per heavy atom. The highest BCUT2D eigenvalue weighted by atomic mass is 32.2. The Kier molecular flexibility index (Phi) is 8.79. The number of amides is 1. The molecule has 0 bridgehead atoms. The first-order chi connectivity index (χ1) is 15.0. The molecule has 1 amide bonds. The van der Waals surface area contributed by atoms with Crippen LogP contribution in [0.1, 0.15) is 25.8 Å². The van der Waals surface area contributed by atoms with Gasteiger partial charge in [-0.25, -0.2) is 21.6 Å². The van der Waals surface area contributed by atoms with Crippen molar-refractivity contribution in [2.45, 2.75) is 37.0 Å². The summed E-state index contributed by atoms with van der Waals surface area (Å²) in [7, 11) is -6.06. The zero-order valence-corrected chi connectivity index (χ0v) is 20.2. The third-order valence-corrected chi connectivity index (χ3v) is 8.29. The average molecular weight is 484 g/mol. The second-order valence-electron chi connectivity index (χ2n) is 6.96. The van der Waals surface area contributed by atoms with E-state index >= 15 is 0 Å². The number of nitrogens with one attached hydrogen (secondary N) is 2. The van der Waals surface area contributed by atoms with Crippen LogP contribution in [0.4, 0.5) is 5.69 Å². The number of methoxy groups -OCH3 is 1. The van der Waals surface area contributed by atoms with Crippen LogP contribution in [0.15, 0.2) is 52.3 Å². The molecule has 0 aliphatic heterocycles. The lowest BCUT2D eigenvalue weighted by atomic mass is 10.2. The van der Waals surface area contributed by atoms with Gasteiger partial charge in [-0.2, -0.15) is 4.31 Å². The molecule has 2 aromatic rings. The number of ether oxygens (including phenoxy) is 1. The first kappa shape index (κ1) is 25.8. The number of nitrogens with zero attached hydrogens (tertiary/aromatic N) is 1. The largest absolute Gasteiger partial charge is 0.495 e. The molecular weight excluding hydrogens is 454 g/mol. The molecule has 0 radical (unpaired) electrons. The highest BCUT2D eigenvalue weighted by molar-refractivity contribution is 7.89. The van der Waals surface area contributed by atoms with Gasteiger partial charge in [0.2, 0.25) is 26.0 Å². The first-order valence-electron chi connectivity index (χ1n) is 10.1. The summed E-state index contributed by atoms with van der Waals surface area (Å²) in [5, 5.41) is 2.60. The Bertz CT molecular complexity index is 1140. The number of rotatable bonds is 11. The van der Waals surface area contributed by atoms with E-state index in [9.17, 15) is 21.6 Å². The Hall–Kier alpha value is -2.47. The number of aryl methyl sites for hydroxylation is 1. The molecule has 9 nitrogen and oxygen atoms in total. The van der Waals surface area contributed by atoms with Crippen LogP contribution in [-0.2, 0) is 24.8 Å². The molecule has 0 aliphatic rings. The van der Waals surface area contributed by atoms with Crippen LogP contribution in [0, 0.1) is 6.92 Å². The number of hydrogen-bond donors (Lipinski definition) is 2. The fourth-order valence-corrected chi connectivity index (χ4v) is 5.49. The minimum atomic E-state index is -3.74. The van der Waals surface area contributed by atoms with Gasteiger partial charge in [-0.05, 0) is 37.3 Å². The summed E-state index contributed by atoms with van der Waals surface area (Å²) in [4.78, 5) is 12.5. The van der Waals surface area contributed by atoms with Crippen molar-refractivity contribution in [2.75, 3.05) is 32.1 Å². The standard InChI is InChI=1S/C21H29N3O6S2/c1-5-24(6-2)32(28,29)18-11-12-20(30-4)19(15-18)23-21(25)13-14-22-31(26,27)17-9-7-16(3)8-10-17/h7-12,15,22H,5-6,13-14H2,1-4H3,(H,23,25). The van der Waals surface area contributed by atoms with Gasteiger partial charge in [-0.15, -0.1) is 0 Å². The summed E-state index contributed by atoms with van der Waals surface area (Å²) in [5.74, 6) is -0.204. The van der Waals surface area contributed by atoms with Gasteiger partial charge in [0.25, 0.3) is 0 Å². The molecule has 32 heavy (non-hydrogen) atoms. The molecule has 0 fully saturated rings. The molecule has 11 heteroatoms.